The number of amides is 1. The van der Waals surface area contributed by atoms with Crippen molar-refractivity contribution >= 4 is 11.9 Å². The van der Waals surface area contributed by atoms with Gasteiger partial charge in [-0.15, -0.1) is 0 Å². The molecular weight excluding hydrogens is 382 g/mol. The van der Waals surface area contributed by atoms with Gasteiger partial charge in [0.25, 0.3) is 0 Å². The number of aliphatic carboxylic acids is 1. The Kier molecular flexibility index (Phi) is 7.70. The highest BCUT2D eigenvalue weighted by Crippen LogP contribution is 2.30. The number of methoxy groups -OCH3 is 1. The topological polar surface area (TPSA) is 184 Å². The van der Waals surface area contributed by atoms with Crippen molar-refractivity contribution in [2.75, 3.05) is 13.7 Å². The molecule has 2 saturated heterocycles. The van der Waals surface area contributed by atoms with Crippen LogP contribution >= 0.6 is 0 Å². The van der Waals surface area contributed by atoms with Crippen LogP contribution in [0, 0.1) is 0 Å². The molecule has 6 N–H and O–H groups in total. The minimum Gasteiger partial charge on any atom is -0.479 e. The van der Waals surface area contributed by atoms with E-state index in [1.165, 1.54) is 6.92 Å². The van der Waals surface area contributed by atoms with E-state index >= 15 is 0 Å². The average molecular weight is 409 g/mol. The van der Waals surface area contributed by atoms with Crippen LogP contribution < -0.4 is 5.32 Å². The van der Waals surface area contributed by atoms with Gasteiger partial charge in [0.2, 0.25) is 5.91 Å². The van der Waals surface area contributed by atoms with Gasteiger partial charge in [-0.2, -0.15) is 0 Å². The van der Waals surface area contributed by atoms with Gasteiger partial charge in [-0.25, -0.2) is 4.79 Å². The zero-order valence-electron chi connectivity index (χ0n) is 15.7. The average Bonchev–Trinajstić information content (AvgIpc) is 2.63. The van der Waals surface area contributed by atoms with E-state index in [1.807, 2.05) is 0 Å². The molecule has 0 spiro atoms. The molecule has 4 unspecified atom stereocenters. The molecule has 0 aliphatic carbocycles. The van der Waals surface area contributed by atoms with Crippen LogP contribution in [-0.4, -0.2) is 112 Å². The Hall–Kier alpha value is -1.38. The number of aliphatic hydroxyl groups is 4. The van der Waals surface area contributed by atoms with Crippen LogP contribution in [0.4, 0.5) is 0 Å². The number of aliphatic hydroxyl groups excluding tert-OH is 4. The SMILES string of the molecule is CO[C@@H]1C(C(=O)O)O[C@@H](OC2[C@H](O)C(CO)O[C@H](C)[C@H]2NC(C)=O)[C@@H](O)C1O. The highest BCUT2D eigenvalue weighted by Gasteiger charge is 2.52. The molecule has 0 aromatic carbocycles. The lowest BCUT2D eigenvalue weighted by molar-refractivity contribution is -0.327. The van der Waals surface area contributed by atoms with Crippen molar-refractivity contribution in [3.05, 3.63) is 0 Å². The van der Waals surface area contributed by atoms with E-state index < -0.39 is 79.6 Å². The Morgan fingerprint density at radius 1 is 1.07 bits per heavy atom. The summed E-state index contributed by atoms with van der Waals surface area (Å²) in [7, 11) is 1.16. The number of rotatable bonds is 6. The van der Waals surface area contributed by atoms with Gasteiger partial charge in [0.1, 0.15) is 36.6 Å². The van der Waals surface area contributed by atoms with Crippen LogP contribution in [-0.2, 0) is 28.5 Å². The highest BCUT2D eigenvalue weighted by molar-refractivity contribution is 5.73. The van der Waals surface area contributed by atoms with Crippen LogP contribution in [0.2, 0.25) is 0 Å². The molecule has 12 nitrogen and oxygen atoms in total. The van der Waals surface area contributed by atoms with Crippen molar-refractivity contribution in [3.8, 4) is 0 Å². The third-order valence-corrected chi connectivity index (χ3v) is 4.87. The van der Waals surface area contributed by atoms with Crippen molar-refractivity contribution in [2.24, 2.45) is 0 Å². The molecule has 2 aliphatic rings. The van der Waals surface area contributed by atoms with Crippen molar-refractivity contribution in [1.82, 2.24) is 5.32 Å². The van der Waals surface area contributed by atoms with Gasteiger partial charge in [-0.1, -0.05) is 0 Å². The van der Waals surface area contributed by atoms with E-state index in [2.05, 4.69) is 5.32 Å². The van der Waals surface area contributed by atoms with Gasteiger partial charge in [-0.05, 0) is 6.92 Å². The van der Waals surface area contributed by atoms with Crippen LogP contribution in [0.3, 0.4) is 0 Å². The Bertz CT molecular complexity index is 561. The number of carbonyl (C=O) groups is 2. The van der Waals surface area contributed by atoms with Gasteiger partial charge in [0.15, 0.2) is 12.4 Å². The minimum absolute atomic E-state index is 0.447. The number of hydrogen-bond donors (Lipinski definition) is 6. The van der Waals surface area contributed by atoms with E-state index in [4.69, 9.17) is 18.9 Å². The fourth-order valence-electron chi connectivity index (χ4n) is 3.45. The molecule has 162 valence electrons. The Morgan fingerprint density at radius 3 is 2.21 bits per heavy atom. The zero-order chi connectivity index (χ0) is 21.2. The lowest BCUT2D eigenvalue weighted by Crippen LogP contribution is -2.67. The van der Waals surface area contributed by atoms with E-state index in [-0.39, 0.29) is 0 Å². The van der Waals surface area contributed by atoms with Gasteiger partial charge < -0.3 is 49.8 Å². The molecule has 0 bridgehead atoms. The molecule has 10 atom stereocenters. The molecule has 2 rings (SSSR count). The highest BCUT2D eigenvalue weighted by atomic mass is 16.7. The standard InChI is InChI=1S/C16H27NO11/c1-5-8(17-6(2)19)12(9(20)7(4-18)26-5)27-16-11(22)10(21)13(25-3)14(28-16)15(23)24/h5,7-14,16,18,20-22H,4H2,1-3H3,(H,17,19)(H,23,24)/t5-,7?,8-,9-,10?,11+,12?,13+,14?,16-/m1/s1. The molecule has 2 aliphatic heterocycles. The van der Waals surface area contributed by atoms with Crippen LogP contribution in [0.15, 0.2) is 0 Å². The van der Waals surface area contributed by atoms with E-state index in [9.17, 15) is 35.1 Å². The summed E-state index contributed by atoms with van der Waals surface area (Å²) in [5.74, 6) is -1.89. The lowest BCUT2D eigenvalue weighted by atomic mass is 9.92. The third-order valence-electron chi connectivity index (χ3n) is 4.87. The van der Waals surface area contributed by atoms with Gasteiger partial charge >= 0.3 is 5.97 Å². The summed E-state index contributed by atoms with van der Waals surface area (Å²) < 4.78 is 21.2. The van der Waals surface area contributed by atoms with Crippen molar-refractivity contribution in [1.29, 1.82) is 0 Å². The molecule has 0 saturated carbocycles. The zero-order valence-corrected chi connectivity index (χ0v) is 15.7. The molecule has 1 amide bonds. The van der Waals surface area contributed by atoms with E-state index in [0.29, 0.717) is 0 Å². The summed E-state index contributed by atoms with van der Waals surface area (Å²) in [5.41, 5.74) is 0. The smallest absolute Gasteiger partial charge is 0.335 e. The molecular formula is C16H27NO11. The second kappa shape index (κ2) is 9.41. The van der Waals surface area contributed by atoms with Gasteiger partial charge in [0.05, 0.1) is 18.8 Å². The first-order chi connectivity index (χ1) is 13.1. The number of carboxylic acid groups (broad SMARTS) is 1. The number of carboxylic acids is 1. The fraction of sp³-hybridized carbons (Fsp3) is 0.875. The normalized spacial score (nSPS) is 44.1. The number of nitrogens with one attached hydrogen (secondary N) is 1. The summed E-state index contributed by atoms with van der Waals surface area (Å²) in [6, 6.07) is -0.897. The van der Waals surface area contributed by atoms with Crippen molar-refractivity contribution in [2.45, 2.75) is 75.0 Å². The first-order valence-corrected chi connectivity index (χ1v) is 8.76. The van der Waals surface area contributed by atoms with E-state index in [0.717, 1.165) is 7.11 Å². The van der Waals surface area contributed by atoms with Gasteiger partial charge in [0, 0.05) is 14.0 Å². The lowest BCUT2D eigenvalue weighted by Gasteiger charge is -2.47. The predicted octanol–water partition coefficient (Wildman–Crippen LogP) is -3.44. The number of carbonyl (C=O) groups excluding carboxylic acids is 1. The quantitative estimate of drug-likeness (QED) is 0.256. The third kappa shape index (κ3) is 4.60. The summed E-state index contributed by atoms with van der Waals surface area (Å²) in [6.45, 7) is 2.28. The maximum atomic E-state index is 11.5. The van der Waals surface area contributed by atoms with E-state index in [1.54, 1.807) is 6.92 Å². The number of ether oxygens (including phenoxy) is 4. The summed E-state index contributed by atoms with van der Waals surface area (Å²) in [6.07, 6.45) is -12.4. The van der Waals surface area contributed by atoms with Crippen LogP contribution in [0.5, 0.6) is 0 Å². The van der Waals surface area contributed by atoms with Crippen molar-refractivity contribution < 1.29 is 54.1 Å². The first kappa shape index (κ1) is 22.9. The van der Waals surface area contributed by atoms with Gasteiger partial charge in [-0.3, -0.25) is 4.79 Å². The molecule has 2 heterocycles. The molecule has 0 aromatic rings. The molecule has 0 aromatic heterocycles. The largest absolute Gasteiger partial charge is 0.479 e. The number of hydrogen-bond acceptors (Lipinski definition) is 10. The summed E-state index contributed by atoms with van der Waals surface area (Å²) in [4.78, 5) is 23.0. The first-order valence-electron chi connectivity index (χ1n) is 8.76. The Labute approximate surface area is 160 Å². The summed E-state index contributed by atoms with van der Waals surface area (Å²) >= 11 is 0. The van der Waals surface area contributed by atoms with Crippen LogP contribution in [0.25, 0.3) is 0 Å². The maximum absolute atomic E-state index is 11.5. The molecule has 0 radical (unpaired) electrons. The second-order valence-corrected chi connectivity index (χ2v) is 6.82. The maximum Gasteiger partial charge on any atom is 0.335 e. The molecule has 28 heavy (non-hydrogen) atoms. The minimum atomic E-state index is -1.70. The molecule has 2 fully saturated rings. The Morgan fingerprint density at radius 2 is 1.71 bits per heavy atom. The fourth-order valence-corrected chi connectivity index (χ4v) is 3.45. The predicted molar refractivity (Wildman–Crippen MR) is 89.0 cm³/mol. The Balaban J connectivity index is 2.26. The monoisotopic (exact) mass is 409 g/mol. The summed E-state index contributed by atoms with van der Waals surface area (Å²) in [5, 5.41) is 52.2. The molecule has 12 heteroatoms. The van der Waals surface area contributed by atoms with Crippen LogP contribution in [0.1, 0.15) is 13.8 Å². The van der Waals surface area contributed by atoms with Crippen molar-refractivity contribution in [3.63, 3.8) is 0 Å². The second-order valence-electron chi connectivity index (χ2n) is 6.82.